The molecule has 0 radical (unpaired) electrons. The van der Waals surface area contributed by atoms with E-state index in [4.69, 9.17) is 0 Å². The van der Waals surface area contributed by atoms with Crippen molar-refractivity contribution < 1.29 is 0 Å². The van der Waals surface area contributed by atoms with Crippen molar-refractivity contribution in [1.29, 1.82) is 0 Å². The van der Waals surface area contributed by atoms with Crippen molar-refractivity contribution in [2.24, 2.45) is 16.7 Å². The first-order valence-electron chi connectivity index (χ1n) is 8.32. The SMILES string of the molecule is CC(C)(C)Cc1ccc(N2CC[C@@H](CC(C)(C)C)C2)cn1. The number of anilines is 1. The highest BCUT2D eigenvalue weighted by Crippen LogP contribution is 2.32. The van der Waals surface area contributed by atoms with Gasteiger partial charge in [0.1, 0.15) is 0 Å². The molecule has 0 N–H and O–H groups in total. The summed E-state index contributed by atoms with van der Waals surface area (Å²) in [7, 11) is 0. The predicted octanol–water partition coefficient (Wildman–Crippen LogP) is 4.93. The molecule has 2 heterocycles. The van der Waals surface area contributed by atoms with E-state index in [2.05, 4.69) is 69.8 Å². The third-order valence-corrected chi connectivity index (χ3v) is 4.07. The van der Waals surface area contributed by atoms with Gasteiger partial charge in [0, 0.05) is 18.8 Å². The topological polar surface area (TPSA) is 16.1 Å². The summed E-state index contributed by atoms with van der Waals surface area (Å²) in [6.07, 6.45) is 5.75. The van der Waals surface area contributed by atoms with Gasteiger partial charge < -0.3 is 4.90 Å². The van der Waals surface area contributed by atoms with Gasteiger partial charge in [0.2, 0.25) is 0 Å². The fraction of sp³-hybridized carbons (Fsp3) is 0.737. The molecule has 0 bridgehead atoms. The highest BCUT2D eigenvalue weighted by molar-refractivity contribution is 5.45. The van der Waals surface area contributed by atoms with Crippen molar-refractivity contribution >= 4 is 5.69 Å². The van der Waals surface area contributed by atoms with Crippen molar-refractivity contribution in [2.45, 2.75) is 60.8 Å². The van der Waals surface area contributed by atoms with Crippen LogP contribution in [-0.2, 0) is 6.42 Å². The van der Waals surface area contributed by atoms with E-state index in [0.29, 0.717) is 10.8 Å². The number of aromatic nitrogens is 1. The summed E-state index contributed by atoms with van der Waals surface area (Å²) >= 11 is 0. The lowest BCUT2D eigenvalue weighted by molar-refractivity contribution is 0.308. The first-order valence-corrected chi connectivity index (χ1v) is 8.32. The molecule has 2 nitrogen and oxygen atoms in total. The normalized spacial score (nSPS) is 20.1. The summed E-state index contributed by atoms with van der Waals surface area (Å²) in [6, 6.07) is 4.46. The summed E-state index contributed by atoms with van der Waals surface area (Å²) in [5, 5.41) is 0. The lowest BCUT2D eigenvalue weighted by Crippen LogP contribution is -2.21. The molecule has 0 aliphatic carbocycles. The molecule has 0 amide bonds. The molecule has 1 aromatic heterocycles. The van der Waals surface area contributed by atoms with Gasteiger partial charge in [-0.2, -0.15) is 0 Å². The molecule has 0 spiro atoms. The Hall–Kier alpha value is -1.05. The van der Waals surface area contributed by atoms with Crippen molar-refractivity contribution in [3.05, 3.63) is 24.0 Å². The van der Waals surface area contributed by atoms with Crippen LogP contribution < -0.4 is 4.90 Å². The van der Waals surface area contributed by atoms with Crippen LogP contribution in [-0.4, -0.2) is 18.1 Å². The van der Waals surface area contributed by atoms with E-state index in [1.807, 2.05) is 0 Å². The van der Waals surface area contributed by atoms with Gasteiger partial charge in [0.25, 0.3) is 0 Å². The molecular weight excluding hydrogens is 256 g/mol. The van der Waals surface area contributed by atoms with E-state index in [9.17, 15) is 0 Å². The maximum atomic E-state index is 4.67. The largest absolute Gasteiger partial charge is 0.370 e. The summed E-state index contributed by atoms with van der Waals surface area (Å²) in [4.78, 5) is 7.17. The van der Waals surface area contributed by atoms with Gasteiger partial charge in [0.05, 0.1) is 11.9 Å². The molecule has 1 fully saturated rings. The average molecular weight is 288 g/mol. The van der Waals surface area contributed by atoms with Gasteiger partial charge in [-0.25, -0.2) is 0 Å². The molecule has 1 aliphatic heterocycles. The van der Waals surface area contributed by atoms with Crippen LogP contribution in [0.3, 0.4) is 0 Å². The number of hydrogen-bond donors (Lipinski definition) is 0. The van der Waals surface area contributed by atoms with Crippen molar-refractivity contribution in [2.75, 3.05) is 18.0 Å². The van der Waals surface area contributed by atoms with E-state index in [1.54, 1.807) is 0 Å². The lowest BCUT2D eigenvalue weighted by Gasteiger charge is -2.24. The Morgan fingerprint density at radius 2 is 1.81 bits per heavy atom. The van der Waals surface area contributed by atoms with E-state index < -0.39 is 0 Å². The van der Waals surface area contributed by atoms with Crippen LogP contribution >= 0.6 is 0 Å². The summed E-state index contributed by atoms with van der Waals surface area (Å²) < 4.78 is 0. The minimum atomic E-state index is 0.306. The Morgan fingerprint density at radius 3 is 2.33 bits per heavy atom. The van der Waals surface area contributed by atoms with Gasteiger partial charge in [-0.1, -0.05) is 41.5 Å². The van der Waals surface area contributed by atoms with Gasteiger partial charge >= 0.3 is 0 Å². The fourth-order valence-corrected chi connectivity index (χ4v) is 3.35. The zero-order valence-corrected chi connectivity index (χ0v) is 14.7. The molecule has 0 unspecified atom stereocenters. The summed E-state index contributed by atoms with van der Waals surface area (Å²) in [6.45, 7) is 16.2. The molecule has 0 saturated carbocycles. The smallest absolute Gasteiger partial charge is 0.0553 e. The molecule has 2 rings (SSSR count). The number of hydrogen-bond acceptors (Lipinski definition) is 2. The molecule has 1 atom stereocenters. The third kappa shape index (κ3) is 5.33. The molecule has 118 valence electrons. The zero-order valence-electron chi connectivity index (χ0n) is 14.7. The molecule has 1 aliphatic rings. The maximum Gasteiger partial charge on any atom is 0.0553 e. The standard InChI is InChI=1S/C19H32N2/c1-18(2,3)11-15-9-10-21(14-15)17-8-7-16(20-13-17)12-19(4,5)6/h7-8,13,15H,9-12,14H2,1-6H3/t15-/m0/s1. The van der Waals surface area contributed by atoms with E-state index in [1.165, 1.54) is 37.3 Å². The second-order valence-electron chi connectivity index (χ2n) is 9.11. The van der Waals surface area contributed by atoms with E-state index >= 15 is 0 Å². The maximum absolute atomic E-state index is 4.67. The third-order valence-electron chi connectivity index (χ3n) is 4.07. The van der Waals surface area contributed by atoms with Gasteiger partial charge in [-0.3, -0.25) is 4.98 Å². The first-order chi connectivity index (χ1) is 9.62. The Bertz CT molecular complexity index is 448. The quantitative estimate of drug-likeness (QED) is 0.783. The van der Waals surface area contributed by atoms with Crippen LogP contribution in [0, 0.1) is 16.7 Å². The minimum absolute atomic E-state index is 0.306. The molecule has 0 aromatic carbocycles. The second-order valence-corrected chi connectivity index (χ2v) is 9.11. The Morgan fingerprint density at radius 1 is 1.10 bits per heavy atom. The van der Waals surface area contributed by atoms with Crippen LogP contribution in [0.1, 0.15) is 60.1 Å². The Kier molecular flexibility index (Phi) is 4.65. The highest BCUT2D eigenvalue weighted by atomic mass is 15.2. The van der Waals surface area contributed by atoms with Gasteiger partial charge in [0.15, 0.2) is 0 Å². The van der Waals surface area contributed by atoms with Crippen LogP contribution in [0.15, 0.2) is 18.3 Å². The molecule has 1 aromatic rings. The van der Waals surface area contributed by atoms with Crippen molar-refractivity contribution in [3.8, 4) is 0 Å². The van der Waals surface area contributed by atoms with Gasteiger partial charge in [-0.15, -0.1) is 0 Å². The molecule has 21 heavy (non-hydrogen) atoms. The number of rotatable bonds is 3. The second kappa shape index (κ2) is 5.98. The van der Waals surface area contributed by atoms with Gasteiger partial charge in [-0.05, 0) is 48.1 Å². The minimum Gasteiger partial charge on any atom is -0.370 e. The van der Waals surface area contributed by atoms with E-state index in [0.717, 1.165) is 12.3 Å². The molecule has 2 heteroatoms. The van der Waals surface area contributed by atoms with Crippen LogP contribution in [0.4, 0.5) is 5.69 Å². The molecular formula is C19H32N2. The fourth-order valence-electron chi connectivity index (χ4n) is 3.35. The average Bonchev–Trinajstić information content (AvgIpc) is 2.74. The summed E-state index contributed by atoms with van der Waals surface area (Å²) in [5.74, 6) is 0.833. The molecule has 1 saturated heterocycles. The summed E-state index contributed by atoms with van der Waals surface area (Å²) in [5.41, 5.74) is 3.25. The first kappa shape index (κ1) is 16.3. The predicted molar refractivity (Wildman–Crippen MR) is 91.8 cm³/mol. The lowest BCUT2D eigenvalue weighted by atomic mass is 9.84. The Labute approximate surface area is 131 Å². The monoisotopic (exact) mass is 288 g/mol. The van der Waals surface area contributed by atoms with E-state index in [-0.39, 0.29) is 0 Å². The van der Waals surface area contributed by atoms with Crippen LogP contribution in [0.2, 0.25) is 0 Å². The number of nitrogens with zero attached hydrogens (tertiary/aromatic N) is 2. The van der Waals surface area contributed by atoms with Crippen molar-refractivity contribution in [1.82, 2.24) is 4.98 Å². The van der Waals surface area contributed by atoms with Crippen LogP contribution in [0.5, 0.6) is 0 Å². The zero-order chi connectivity index (χ0) is 15.7. The number of pyridine rings is 1. The Balaban J connectivity index is 1.94. The van der Waals surface area contributed by atoms with Crippen molar-refractivity contribution in [3.63, 3.8) is 0 Å². The van der Waals surface area contributed by atoms with Crippen LogP contribution in [0.25, 0.3) is 0 Å². The highest BCUT2D eigenvalue weighted by Gasteiger charge is 2.26.